The van der Waals surface area contributed by atoms with Crippen LogP contribution in [0.1, 0.15) is 34.7 Å². The summed E-state index contributed by atoms with van der Waals surface area (Å²) in [4.78, 5) is 24.8. The summed E-state index contributed by atoms with van der Waals surface area (Å²) in [6.07, 6.45) is 0. The van der Waals surface area contributed by atoms with Gasteiger partial charge in [0.05, 0.1) is 24.6 Å². The third-order valence-electron chi connectivity index (χ3n) is 4.63. The van der Waals surface area contributed by atoms with E-state index in [1.165, 1.54) is 11.8 Å². The Kier molecular flexibility index (Phi) is 7.30. The van der Waals surface area contributed by atoms with Crippen LogP contribution in [0, 0.1) is 6.92 Å². The molecule has 1 atom stereocenters. The molecule has 9 heteroatoms. The Morgan fingerprint density at radius 2 is 1.84 bits per heavy atom. The van der Waals surface area contributed by atoms with E-state index in [4.69, 9.17) is 4.74 Å². The zero-order chi connectivity index (χ0) is 22.4. The van der Waals surface area contributed by atoms with Gasteiger partial charge in [0.2, 0.25) is 5.91 Å². The van der Waals surface area contributed by atoms with Crippen molar-refractivity contribution < 1.29 is 14.3 Å². The predicted molar refractivity (Wildman–Crippen MR) is 120 cm³/mol. The normalized spacial score (nSPS) is 11.6. The monoisotopic (exact) mass is 439 g/mol. The minimum Gasteiger partial charge on any atom is -0.495 e. The van der Waals surface area contributed by atoms with Crippen molar-refractivity contribution in [3.63, 3.8) is 0 Å². The maximum Gasteiger partial charge on any atom is 0.251 e. The molecule has 3 aromatic rings. The van der Waals surface area contributed by atoms with E-state index in [-0.39, 0.29) is 23.6 Å². The van der Waals surface area contributed by atoms with E-state index in [0.717, 1.165) is 5.56 Å². The molecular weight excluding hydrogens is 414 g/mol. The van der Waals surface area contributed by atoms with Gasteiger partial charge in [0.15, 0.2) is 11.0 Å². The molecule has 2 aromatic carbocycles. The summed E-state index contributed by atoms with van der Waals surface area (Å²) in [6, 6.07) is 14.2. The lowest BCUT2D eigenvalue weighted by atomic mass is 10.1. The summed E-state index contributed by atoms with van der Waals surface area (Å²) in [5.41, 5.74) is 2.29. The van der Waals surface area contributed by atoms with Crippen molar-refractivity contribution in [3.8, 4) is 5.75 Å². The highest BCUT2D eigenvalue weighted by Crippen LogP contribution is 2.24. The number of nitrogens with zero attached hydrogens (tertiary/aromatic N) is 3. The minimum atomic E-state index is -0.344. The standard InChI is InChI=1S/C22H25N5O3S/c1-14-9-11-16(12-10-14)21(29)23-15(2)20-25-26-22(27(20)3)31-13-19(28)24-17-7-5-6-8-18(17)30-4/h5-12,15H,13H2,1-4H3,(H,23,29)(H,24,28)/t15-/m0/s1. The Balaban J connectivity index is 1.58. The van der Waals surface area contributed by atoms with Crippen molar-refractivity contribution in [1.82, 2.24) is 20.1 Å². The lowest BCUT2D eigenvalue weighted by molar-refractivity contribution is -0.113. The molecule has 0 fully saturated rings. The van der Waals surface area contributed by atoms with Crippen molar-refractivity contribution in [2.75, 3.05) is 18.2 Å². The van der Waals surface area contributed by atoms with Gasteiger partial charge in [-0.2, -0.15) is 0 Å². The molecule has 3 rings (SSSR count). The van der Waals surface area contributed by atoms with E-state index in [2.05, 4.69) is 20.8 Å². The van der Waals surface area contributed by atoms with Crippen LogP contribution in [0.25, 0.3) is 0 Å². The van der Waals surface area contributed by atoms with Crippen LogP contribution in [0.4, 0.5) is 5.69 Å². The molecule has 0 bridgehead atoms. The lowest BCUT2D eigenvalue weighted by Crippen LogP contribution is -2.28. The quantitative estimate of drug-likeness (QED) is 0.523. The second-order valence-corrected chi connectivity index (χ2v) is 7.94. The second kappa shape index (κ2) is 10.1. The number of hydrogen-bond acceptors (Lipinski definition) is 6. The van der Waals surface area contributed by atoms with Gasteiger partial charge in [0, 0.05) is 12.6 Å². The number of thioether (sulfide) groups is 1. The number of methoxy groups -OCH3 is 1. The molecule has 2 amide bonds. The third kappa shape index (κ3) is 5.64. The van der Waals surface area contributed by atoms with Gasteiger partial charge in [-0.3, -0.25) is 9.59 Å². The van der Waals surface area contributed by atoms with Crippen LogP contribution in [0.5, 0.6) is 5.75 Å². The summed E-state index contributed by atoms with van der Waals surface area (Å²) in [5.74, 6) is 1.00. The molecule has 0 aliphatic heterocycles. The van der Waals surface area contributed by atoms with Gasteiger partial charge in [-0.1, -0.05) is 41.6 Å². The molecule has 0 spiro atoms. The summed E-state index contributed by atoms with van der Waals surface area (Å²) in [7, 11) is 3.37. The molecule has 1 aromatic heterocycles. The topological polar surface area (TPSA) is 98.1 Å². The fourth-order valence-electron chi connectivity index (χ4n) is 2.94. The Hall–Kier alpha value is -3.33. The molecule has 0 radical (unpaired) electrons. The largest absolute Gasteiger partial charge is 0.495 e. The van der Waals surface area contributed by atoms with E-state index < -0.39 is 0 Å². The third-order valence-corrected chi connectivity index (χ3v) is 5.65. The maximum absolute atomic E-state index is 12.5. The van der Waals surface area contributed by atoms with E-state index in [1.54, 1.807) is 35.9 Å². The molecule has 1 heterocycles. The first-order valence-electron chi connectivity index (χ1n) is 9.71. The molecule has 0 saturated carbocycles. The van der Waals surface area contributed by atoms with Gasteiger partial charge in [-0.25, -0.2) is 0 Å². The number of hydrogen-bond donors (Lipinski definition) is 2. The highest BCUT2D eigenvalue weighted by Gasteiger charge is 2.19. The average molecular weight is 440 g/mol. The van der Waals surface area contributed by atoms with Gasteiger partial charge < -0.3 is 19.9 Å². The zero-order valence-corrected chi connectivity index (χ0v) is 18.7. The molecule has 2 N–H and O–H groups in total. The number of amides is 2. The minimum absolute atomic E-state index is 0.161. The molecule has 0 unspecified atom stereocenters. The van der Waals surface area contributed by atoms with E-state index in [9.17, 15) is 9.59 Å². The fraction of sp³-hybridized carbons (Fsp3) is 0.273. The van der Waals surface area contributed by atoms with E-state index in [0.29, 0.717) is 28.0 Å². The molecule has 0 aliphatic rings. The molecule has 0 saturated heterocycles. The van der Waals surface area contributed by atoms with Crippen LogP contribution >= 0.6 is 11.8 Å². The van der Waals surface area contributed by atoms with Crippen LogP contribution in [0.15, 0.2) is 53.7 Å². The predicted octanol–water partition coefficient (Wildman–Crippen LogP) is 3.35. The van der Waals surface area contributed by atoms with Gasteiger partial charge in [-0.15, -0.1) is 10.2 Å². The maximum atomic E-state index is 12.5. The van der Waals surface area contributed by atoms with Crippen molar-refractivity contribution in [3.05, 3.63) is 65.5 Å². The van der Waals surface area contributed by atoms with Crippen LogP contribution in [0.3, 0.4) is 0 Å². The number of aryl methyl sites for hydroxylation is 1. The number of rotatable bonds is 8. The Morgan fingerprint density at radius 3 is 2.55 bits per heavy atom. The first kappa shape index (κ1) is 22.4. The number of ether oxygens (including phenoxy) is 1. The molecular formula is C22H25N5O3S. The molecule has 0 aliphatic carbocycles. The molecule has 162 valence electrons. The molecule has 8 nitrogen and oxygen atoms in total. The van der Waals surface area contributed by atoms with Crippen LogP contribution in [0.2, 0.25) is 0 Å². The summed E-state index contributed by atoms with van der Waals surface area (Å²) >= 11 is 1.27. The van der Waals surface area contributed by atoms with Crippen molar-refractivity contribution >= 4 is 29.3 Å². The fourth-order valence-corrected chi connectivity index (χ4v) is 3.66. The lowest BCUT2D eigenvalue weighted by Gasteiger charge is -2.14. The summed E-state index contributed by atoms with van der Waals surface area (Å²) < 4.78 is 7.02. The zero-order valence-electron chi connectivity index (χ0n) is 17.9. The van der Waals surface area contributed by atoms with Crippen molar-refractivity contribution in [1.29, 1.82) is 0 Å². The van der Waals surface area contributed by atoms with Gasteiger partial charge in [0.1, 0.15) is 5.75 Å². The Bertz CT molecular complexity index is 1070. The number of nitrogens with one attached hydrogen (secondary N) is 2. The number of anilines is 1. The van der Waals surface area contributed by atoms with Gasteiger partial charge >= 0.3 is 0 Å². The van der Waals surface area contributed by atoms with Crippen molar-refractivity contribution in [2.24, 2.45) is 7.05 Å². The number of aromatic nitrogens is 3. The number of para-hydroxylation sites is 2. The van der Waals surface area contributed by atoms with Crippen LogP contribution in [-0.2, 0) is 11.8 Å². The van der Waals surface area contributed by atoms with Gasteiger partial charge in [-0.05, 0) is 38.1 Å². The first-order valence-corrected chi connectivity index (χ1v) is 10.7. The highest BCUT2D eigenvalue weighted by atomic mass is 32.2. The summed E-state index contributed by atoms with van der Waals surface area (Å²) in [6.45, 7) is 3.82. The number of carbonyl (C=O) groups is 2. The summed E-state index contributed by atoms with van der Waals surface area (Å²) in [5, 5.41) is 14.7. The highest BCUT2D eigenvalue weighted by molar-refractivity contribution is 7.99. The SMILES string of the molecule is COc1ccccc1NC(=O)CSc1nnc([C@H](C)NC(=O)c2ccc(C)cc2)n1C. The second-order valence-electron chi connectivity index (χ2n) is 7.00. The van der Waals surface area contributed by atoms with E-state index in [1.807, 2.05) is 45.2 Å². The van der Waals surface area contributed by atoms with Crippen LogP contribution in [-0.4, -0.2) is 39.4 Å². The Morgan fingerprint density at radius 1 is 1.13 bits per heavy atom. The number of carbonyl (C=O) groups excluding carboxylic acids is 2. The van der Waals surface area contributed by atoms with E-state index >= 15 is 0 Å². The van der Waals surface area contributed by atoms with Gasteiger partial charge in [0.25, 0.3) is 5.91 Å². The van der Waals surface area contributed by atoms with Crippen molar-refractivity contribution in [2.45, 2.75) is 25.0 Å². The average Bonchev–Trinajstić information content (AvgIpc) is 3.13. The number of benzene rings is 2. The molecule has 31 heavy (non-hydrogen) atoms. The first-order chi connectivity index (χ1) is 14.9. The van der Waals surface area contributed by atoms with Crippen LogP contribution < -0.4 is 15.4 Å². The Labute approximate surface area is 185 Å². The smallest absolute Gasteiger partial charge is 0.251 e.